The van der Waals surface area contributed by atoms with Gasteiger partial charge in [0.1, 0.15) is 11.7 Å². The molecule has 106 valence electrons. The minimum atomic E-state index is -0.944. The Hall–Kier alpha value is -1.53. The third kappa shape index (κ3) is 1.91. The molecule has 1 aromatic rings. The average Bonchev–Trinajstić information content (AvgIpc) is 2.38. The standard InChI is InChI=1S/C13H13ClN2O3S/c1-13-9(11(17)18-2)10(15-12(20)16-13)7-5-6(14)3-4-8(7)19-13/h3-5,9-10H,1-2H3,(H2,15,16,20)/t9?,10-,13+/m1/s1. The molecule has 3 atom stereocenters. The van der Waals surface area contributed by atoms with Crippen LogP contribution < -0.4 is 15.4 Å². The highest BCUT2D eigenvalue weighted by molar-refractivity contribution is 7.80. The van der Waals surface area contributed by atoms with Crippen molar-refractivity contribution in [1.82, 2.24) is 10.6 Å². The average molecular weight is 313 g/mol. The van der Waals surface area contributed by atoms with Crippen molar-refractivity contribution in [2.45, 2.75) is 18.7 Å². The summed E-state index contributed by atoms with van der Waals surface area (Å²) in [7, 11) is 1.35. The first-order valence-electron chi connectivity index (χ1n) is 6.09. The molecule has 2 heterocycles. The fraction of sp³-hybridized carbons (Fsp3) is 0.385. The number of esters is 1. The lowest BCUT2D eigenvalue weighted by atomic mass is 9.80. The van der Waals surface area contributed by atoms with Gasteiger partial charge in [-0.1, -0.05) is 11.6 Å². The molecule has 1 unspecified atom stereocenters. The molecule has 1 fully saturated rings. The van der Waals surface area contributed by atoms with Crippen LogP contribution in [0.4, 0.5) is 0 Å². The van der Waals surface area contributed by atoms with Crippen LogP contribution in [0, 0.1) is 5.92 Å². The van der Waals surface area contributed by atoms with E-state index in [2.05, 4.69) is 10.6 Å². The van der Waals surface area contributed by atoms with Crippen molar-refractivity contribution in [2.24, 2.45) is 5.92 Å². The van der Waals surface area contributed by atoms with Crippen LogP contribution >= 0.6 is 23.8 Å². The third-order valence-corrected chi connectivity index (χ3v) is 4.11. The number of fused-ring (bicyclic) bond motifs is 4. The van der Waals surface area contributed by atoms with E-state index in [4.69, 9.17) is 33.3 Å². The van der Waals surface area contributed by atoms with Crippen molar-refractivity contribution < 1.29 is 14.3 Å². The van der Waals surface area contributed by atoms with Gasteiger partial charge in [0.2, 0.25) is 0 Å². The molecular formula is C13H13ClN2O3S. The Bertz CT molecular complexity index is 609. The molecule has 0 saturated carbocycles. The number of hydrogen-bond acceptors (Lipinski definition) is 4. The maximum Gasteiger partial charge on any atom is 0.317 e. The Morgan fingerprint density at radius 1 is 1.55 bits per heavy atom. The number of ether oxygens (including phenoxy) is 2. The summed E-state index contributed by atoms with van der Waals surface area (Å²) in [5, 5.41) is 7.12. The molecule has 2 aliphatic heterocycles. The fourth-order valence-electron chi connectivity index (χ4n) is 2.80. The molecule has 0 spiro atoms. The quantitative estimate of drug-likeness (QED) is 0.609. The van der Waals surface area contributed by atoms with Crippen molar-refractivity contribution in [2.75, 3.05) is 7.11 Å². The smallest absolute Gasteiger partial charge is 0.317 e. The Balaban J connectivity index is 2.16. The Labute approximate surface area is 126 Å². The minimum absolute atomic E-state index is 0.330. The molecule has 20 heavy (non-hydrogen) atoms. The zero-order valence-corrected chi connectivity index (χ0v) is 12.5. The van der Waals surface area contributed by atoms with Crippen LogP contribution in [-0.4, -0.2) is 23.9 Å². The van der Waals surface area contributed by atoms with Crippen LogP contribution in [0.1, 0.15) is 18.5 Å². The predicted octanol–water partition coefficient (Wildman–Crippen LogP) is 1.76. The topological polar surface area (TPSA) is 59.6 Å². The summed E-state index contributed by atoms with van der Waals surface area (Å²) in [6.45, 7) is 1.78. The van der Waals surface area contributed by atoms with Crippen LogP contribution in [0.15, 0.2) is 18.2 Å². The molecule has 2 N–H and O–H groups in total. The van der Waals surface area contributed by atoms with Gasteiger partial charge in [-0.25, -0.2) is 0 Å². The van der Waals surface area contributed by atoms with E-state index in [9.17, 15) is 4.79 Å². The van der Waals surface area contributed by atoms with Gasteiger partial charge in [-0.3, -0.25) is 4.79 Å². The van der Waals surface area contributed by atoms with Gasteiger partial charge >= 0.3 is 5.97 Å². The van der Waals surface area contributed by atoms with E-state index < -0.39 is 11.6 Å². The fourth-order valence-corrected chi connectivity index (χ4v) is 3.31. The number of nitrogens with one attached hydrogen (secondary N) is 2. The molecule has 7 heteroatoms. The molecule has 1 aromatic carbocycles. The number of benzene rings is 1. The number of halogens is 1. The summed E-state index contributed by atoms with van der Waals surface area (Å²) in [6.07, 6.45) is 0. The van der Waals surface area contributed by atoms with Crippen molar-refractivity contribution in [3.63, 3.8) is 0 Å². The first kappa shape index (κ1) is 13.5. The van der Waals surface area contributed by atoms with Gasteiger partial charge in [-0.05, 0) is 37.3 Å². The molecule has 0 aliphatic carbocycles. The Morgan fingerprint density at radius 3 is 3.00 bits per heavy atom. The number of hydrogen-bond donors (Lipinski definition) is 2. The molecule has 1 saturated heterocycles. The van der Waals surface area contributed by atoms with Crippen molar-refractivity contribution in [1.29, 1.82) is 0 Å². The third-order valence-electron chi connectivity index (χ3n) is 3.66. The van der Waals surface area contributed by atoms with Crippen molar-refractivity contribution >= 4 is 34.9 Å². The lowest BCUT2D eigenvalue weighted by molar-refractivity contribution is -0.159. The van der Waals surface area contributed by atoms with Gasteiger partial charge in [0.15, 0.2) is 10.8 Å². The summed E-state index contributed by atoms with van der Waals surface area (Å²) < 4.78 is 10.8. The Morgan fingerprint density at radius 2 is 2.30 bits per heavy atom. The second kappa shape index (κ2) is 4.49. The summed E-state index contributed by atoms with van der Waals surface area (Å²) in [4.78, 5) is 12.1. The van der Waals surface area contributed by atoms with E-state index in [0.29, 0.717) is 15.9 Å². The maximum atomic E-state index is 12.1. The first-order valence-corrected chi connectivity index (χ1v) is 6.88. The molecule has 2 aliphatic rings. The monoisotopic (exact) mass is 312 g/mol. The van der Waals surface area contributed by atoms with E-state index in [-0.39, 0.29) is 12.0 Å². The second-order valence-corrected chi connectivity index (χ2v) is 5.81. The molecule has 5 nitrogen and oxygen atoms in total. The molecule has 0 aromatic heterocycles. The number of rotatable bonds is 1. The zero-order chi connectivity index (χ0) is 14.5. The van der Waals surface area contributed by atoms with Crippen LogP contribution in [0.25, 0.3) is 0 Å². The number of thiocarbonyl (C=S) groups is 1. The molecular weight excluding hydrogens is 300 g/mol. The highest BCUT2D eigenvalue weighted by Crippen LogP contribution is 2.45. The van der Waals surface area contributed by atoms with Crippen LogP contribution in [-0.2, 0) is 9.53 Å². The van der Waals surface area contributed by atoms with Crippen LogP contribution in [0.5, 0.6) is 5.75 Å². The van der Waals surface area contributed by atoms with Crippen molar-refractivity contribution in [3.05, 3.63) is 28.8 Å². The number of carbonyl (C=O) groups excluding carboxylic acids is 1. The lowest BCUT2D eigenvalue weighted by Gasteiger charge is -2.50. The second-order valence-electron chi connectivity index (χ2n) is 4.97. The van der Waals surface area contributed by atoms with E-state index in [1.165, 1.54) is 7.11 Å². The van der Waals surface area contributed by atoms with E-state index in [1.807, 2.05) is 0 Å². The van der Waals surface area contributed by atoms with Gasteiger partial charge in [0.05, 0.1) is 13.2 Å². The van der Waals surface area contributed by atoms with Gasteiger partial charge < -0.3 is 20.1 Å². The normalized spacial score (nSPS) is 30.4. The van der Waals surface area contributed by atoms with Crippen LogP contribution in [0.3, 0.4) is 0 Å². The summed E-state index contributed by atoms with van der Waals surface area (Å²) >= 11 is 11.2. The Kier molecular flexibility index (Phi) is 3.02. The van der Waals surface area contributed by atoms with E-state index in [1.54, 1.807) is 25.1 Å². The zero-order valence-electron chi connectivity index (χ0n) is 10.9. The highest BCUT2D eigenvalue weighted by atomic mass is 35.5. The summed E-state index contributed by atoms with van der Waals surface area (Å²) in [5.74, 6) is -0.264. The molecule has 0 amide bonds. The first-order chi connectivity index (χ1) is 9.44. The molecule has 2 bridgehead atoms. The number of carbonyl (C=O) groups is 1. The lowest BCUT2D eigenvalue weighted by Crippen LogP contribution is -2.69. The van der Waals surface area contributed by atoms with E-state index in [0.717, 1.165) is 5.56 Å². The molecule has 3 rings (SSSR count). The van der Waals surface area contributed by atoms with Crippen molar-refractivity contribution in [3.8, 4) is 5.75 Å². The summed E-state index contributed by atoms with van der Waals surface area (Å²) in [6, 6.07) is 4.98. The number of methoxy groups -OCH3 is 1. The predicted molar refractivity (Wildman–Crippen MR) is 77.6 cm³/mol. The SMILES string of the molecule is COC(=O)C1[C@@H]2NC(=S)N[C@@]1(C)Oc1ccc(Cl)cc12. The summed E-state index contributed by atoms with van der Waals surface area (Å²) in [5.41, 5.74) is -0.143. The van der Waals surface area contributed by atoms with Gasteiger partial charge in [0, 0.05) is 10.6 Å². The van der Waals surface area contributed by atoms with Gasteiger partial charge in [-0.15, -0.1) is 0 Å². The van der Waals surface area contributed by atoms with E-state index >= 15 is 0 Å². The molecule has 0 radical (unpaired) electrons. The van der Waals surface area contributed by atoms with Gasteiger partial charge in [0.25, 0.3) is 0 Å². The minimum Gasteiger partial charge on any atom is -0.469 e. The van der Waals surface area contributed by atoms with Crippen LogP contribution in [0.2, 0.25) is 5.02 Å². The maximum absolute atomic E-state index is 12.1. The highest BCUT2D eigenvalue weighted by Gasteiger charge is 2.55. The van der Waals surface area contributed by atoms with Gasteiger partial charge in [-0.2, -0.15) is 0 Å². The largest absolute Gasteiger partial charge is 0.469 e.